The number of carbonyl (C=O) groups is 2. The Balaban J connectivity index is 2.19. The summed E-state index contributed by atoms with van der Waals surface area (Å²) in [7, 11) is 0. The average molecular weight is 411 g/mol. The maximum absolute atomic E-state index is 12.9. The van der Waals surface area contributed by atoms with Crippen molar-refractivity contribution in [1.82, 2.24) is 10.2 Å². The molecular formula is C21H28Cl2N2O2. The number of rotatable bonds is 6. The third kappa shape index (κ3) is 6.25. The molecule has 0 aliphatic carbocycles. The first-order valence-corrected chi connectivity index (χ1v) is 10.2. The summed E-state index contributed by atoms with van der Waals surface area (Å²) in [6.07, 6.45) is 4.71. The van der Waals surface area contributed by atoms with Gasteiger partial charge >= 0.3 is 0 Å². The first kappa shape index (κ1) is 21.8. The van der Waals surface area contributed by atoms with Crippen LogP contribution in [-0.4, -0.2) is 35.3 Å². The van der Waals surface area contributed by atoms with Crippen LogP contribution in [0.5, 0.6) is 0 Å². The molecule has 148 valence electrons. The molecule has 1 aromatic carbocycles. The summed E-state index contributed by atoms with van der Waals surface area (Å²) in [5.74, 6) is 0.546. The van der Waals surface area contributed by atoms with Crippen LogP contribution in [0.3, 0.4) is 0 Å². The van der Waals surface area contributed by atoms with E-state index in [1.54, 1.807) is 29.2 Å². The van der Waals surface area contributed by atoms with Crippen molar-refractivity contribution >= 4 is 41.1 Å². The second-order valence-electron chi connectivity index (χ2n) is 7.98. The Morgan fingerprint density at radius 1 is 1.19 bits per heavy atom. The zero-order valence-corrected chi connectivity index (χ0v) is 17.8. The lowest BCUT2D eigenvalue weighted by Gasteiger charge is -2.40. The smallest absolute Gasteiger partial charge is 0.247 e. The fourth-order valence-corrected chi connectivity index (χ4v) is 3.66. The number of halogens is 2. The van der Waals surface area contributed by atoms with Gasteiger partial charge in [0.25, 0.3) is 0 Å². The number of piperazine rings is 1. The maximum atomic E-state index is 12.9. The highest BCUT2D eigenvalue weighted by Gasteiger charge is 2.36. The molecule has 1 N–H and O–H groups in total. The van der Waals surface area contributed by atoms with E-state index in [2.05, 4.69) is 33.0 Å². The predicted octanol–water partition coefficient (Wildman–Crippen LogP) is 4.79. The Bertz CT molecular complexity index is 716. The summed E-state index contributed by atoms with van der Waals surface area (Å²) >= 11 is 12.0. The van der Waals surface area contributed by atoms with Crippen LogP contribution in [0.2, 0.25) is 10.0 Å². The molecule has 4 nitrogen and oxygen atoms in total. The van der Waals surface area contributed by atoms with Gasteiger partial charge in [-0.2, -0.15) is 0 Å². The lowest BCUT2D eigenvalue weighted by molar-refractivity contribution is -0.142. The third-order valence-corrected chi connectivity index (χ3v) is 5.28. The van der Waals surface area contributed by atoms with Crippen LogP contribution in [-0.2, 0) is 9.59 Å². The van der Waals surface area contributed by atoms with E-state index in [0.717, 1.165) is 12.0 Å². The number of benzene rings is 1. The Morgan fingerprint density at radius 3 is 2.44 bits per heavy atom. The van der Waals surface area contributed by atoms with Gasteiger partial charge < -0.3 is 10.2 Å². The molecule has 1 aliphatic heterocycles. The van der Waals surface area contributed by atoms with Gasteiger partial charge in [0.15, 0.2) is 0 Å². The molecule has 1 aromatic rings. The molecule has 0 unspecified atom stereocenters. The molecule has 1 aliphatic rings. The molecule has 0 aromatic heterocycles. The van der Waals surface area contributed by atoms with E-state index in [0.29, 0.717) is 34.8 Å². The van der Waals surface area contributed by atoms with Crippen molar-refractivity contribution in [2.24, 2.45) is 11.8 Å². The van der Waals surface area contributed by atoms with Crippen LogP contribution in [0.4, 0.5) is 0 Å². The van der Waals surface area contributed by atoms with E-state index >= 15 is 0 Å². The van der Waals surface area contributed by atoms with Gasteiger partial charge in [0.05, 0.1) is 10.0 Å². The standard InChI is InChI=1S/C21H28Cl2N2O2/c1-13(2)9-16-12-25(19(10-14(3)4)21(27)24-16)20(26)8-6-15-5-7-17(22)18(23)11-15/h5-8,11,13-14,16,19H,9-10,12H2,1-4H3,(H,24,27)/t16-,19-/m0/s1. The van der Waals surface area contributed by atoms with E-state index in [1.165, 1.54) is 6.08 Å². The van der Waals surface area contributed by atoms with E-state index < -0.39 is 6.04 Å². The number of nitrogens with one attached hydrogen (secondary N) is 1. The highest BCUT2D eigenvalue weighted by atomic mass is 35.5. The summed E-state index contributed by atoms with van der Waals surface area (Å²) < 4.78 is 0. The van der Waals surface area contributed by atoms with Gasteiger partial charge in [0.1, 0.15) is 6.04 Å². The monoisotopic (exact) mass is 410 g/mol. The molecule has 2 amide bonds. The molecule has 27 heavy (non-hydrogen) atoms. The lowest BCUT2D eigenvalue weighted by atomic mass is 9.95. The van der Waals surface area contributed by atoms with E-state index in [1.807, 2.05) is 0 Å². The molecule has 2 rings (SSSR count). The lowest BCUT2D eigenvalue weighted by Crippen LogP contribution is -2.61. The van der Waals surface area contributed by atoms with Gasteiger partial charge in [-0.1, -0.05) is 57.0 Å². The molecular weight excluding hydrogens is 383 g/mol. The first-order valence-electron chi connectivity index (χ1n) is 9.41. The third-order valence-electron chi connectivity index (χ3n) is 4.54. The second kappa shape index (κ2) is 9.61. The number of carbonyl (C=O) groups excluding carboxylic acids is 2. The van der Waals surface area contributed by atoms with Crippen LogP contribution in [0.25, 0.3) is 6.08 Å². The highest BCUT2D eigenvalue weighted by Crippen LogP contribution is 2.24. The van der Waals surface area contributed by atoms with Gasteiger partial charge in [-0.25, -0.2) is 0 Å². The van der Waals surface area contributed by atoms with Crippen molar-refractivity contribution in [3.63, 3.8) is 0 Å². The van der Waals surface area contributed by atoms with Crippen molar-refractivity contribution in [2.45, 2.75) is 52.6 Å². The molecule has 0 bridgehead atoms. The van der Waals surface area contributed by atoms with E-state index in [9.17, 15) is 9.59 Å². The summed E-state index contributed by atoms with van der Waals surface area (Å²) in [5.41, 5.74) is 0.790. The predicted molar refractivity (Wildman–Crippen MR) is 112 cm³/mol. The Morgan fingerprint density at radius 2 is 1.85 bits per heavy atom. The first-order chi connectivity index (χ1) is 12.7. The minimum atomic E-state index is -0.431. The molecule has 1 saturated heterocycles. The molecule has 1 heterocycles. The zero-order valence-electron chi connectivity index (χ0n) is 16.3. The van der Waals surface area contributed by atoms with Crippen molar-refractivity contribution in [3.05, 3.63) is 39.9 Å². The van der Waals surface area contributed by atoms with Gasteiger partial charge in [-0.15, -0.1) is 0 Å². The SMILES string of the molecule is CC(C)C[C@H]1CN(C(=O)C=Cc2ccc(Cl)c(Cl)c2)[C@@H](CC(C)C)C(=O)N1. The van der Waals surface area contributed by atoms with E-state index in [4.69, 9.17) is 23.2 Å². The summed E-state index contributed by atoms with van der Waals surface area (Å²) in [6.45, 7) is 8.88. The molecule has 0 radical (unpaired) electrons. The van der Waals surface area contributed by atoms with Crippen molar-refractivity contribution < 1.29 is 9.59 Å². The number of hydrogen-bond donors (Lipinski definition) is 1. The van der Waals surface area contributed by atoms with Gasteiger partial charge in [-0.05, 0) is 48.4 Å². The molecule has 1 fully saturated rings. The fraction of sp³-hybridized carbons (Fsp3) is 0.524. The normalized spacial score (nSPS) is 20.6. The van der Waals surface area contributed by atoms with Gasteiger partial charge in [0, 0.05) is 18.7 Å². The zero-order chi connectivity index (χ0) is 20.1. The Labute approximate surface area is 171 Å². The topological polar surface area (TPSA) is 49.4 Å². The summed E-state index contributed by atoms with van der Waals surface area (Å²) in [4.78, 5) is 27.2. The number of amides is 2. The number of hydrogen-bond acceptors (Lipinski definition) is 2. The molecule has 0 spiro atoms. The largest absolute Gasteiger partial charge is 0.350 e. The summed E-state index contributed by atoms with van der Waals surface area (Å²) in [5, 5.41) is 4.00. The van der Waals surface area contributed by atoms with Crippen LogP contribution >= 0.6 is 23.2 Å². The molecule has 0 saturated carbocycles. The molecule has 6 heteroatoms. The Hall–Kier alpha value is -1.52. The van der Waals surface area contributed by atoms with Crippen LogP contribution < -0.4 is 5.32 Å². The fourth-order valence-electron chi connectivity index (χ4n) is 3.36. The van der Waals surface area contributed by atoms with Gasteiger partial charge in [0.2, 0.25) is 11.8 Å². The quantitative estimate of drug-likeness (QED) is 0.684. The van der Waals surface area contributed by atoms with Crippen molar-refractivity contribution in [3.8, 4) is 0 Å². The van der Waals surface area contributed by atoms with Crippen LogP contribution in [0.1, 0.15) is 46.1 Å². The average Bonchev–Trinajstić information content (AvgIpc) is 2.57. The summed E-state index contributed by atoms with van der Waals surface area (Å²) in [6, 6.07) is 4.77. The van der Waals surface area contributed by atoms with Crippen LogP contribution in [0.15, 0.2) is 24.3 Å². The van der Waals surface area contributed by atoms with Crippen LogP contribution in [0, 0.1) is 11.8 Å². The minimum Gasteiger partial charge on any atom is -0.350 e. The van der Waals surface area contributed by atoms with Crippen molar-refractivity contribution in [1.29, 1.82) is 0 Å². The van der Waals surface area contributed by atoms with Gasteiger partial charge in [-0.3, -0.25) is 9.59 Å². The Kier molecular flexibility index (Phi) is 7.75. The minimum absolute atomic E-state index is 0.0109. The second-order valence-corrected chi connectivity index (χ2v) is 8.79. The highest BCUT2D eigenvalue weighted by molar-refractivity contribution is 6.42. The van der Waals surface area contributed by atoms with Crippen molar-refractivity contribution in [2.75, 3.05) is 6.54 Å². The number of nitrogens with zero attached hydrogens (tertiary/aromatic N) is 1. The maximum Gasteiger partial charge on any atom is 0.247 e. The van der Waals surface area contributed by atoms with E-state index in [-0.39, 0.29) is 17.9 Å². The molecule has 2 atom stereocenters.